The van der Waals surface area contributed by atoms with Crippen LogP contribution in [0.25, 0.3) is 0 Å². The van der Waals surface area contributed by atoms with E-state index in [2.05, 4.69) is 0 Å². The second kappa shape index (κ2) is 2.23. The maximum Gasteiger partial charge on any atom is 0.306 e. The highest BCUT2D eigenvalue weighted by atomic mass is 16.4. The van der Waals surface area contributed by atoms with Crippen molar-refractivity contribution in [3.05, 3.63) is 0 Å². The molecule has 11 heavy (non-hydrogen) atoms. The Morgan fingerprint density at radius 1 is 1.55 bits per heavy atom. The molecule has 2 saturated carbocycles. The van der Waals surface area contributed by atoms with Crippen LogP contribution in [0.5, 0.6) is 0 Å². The number of rotatable bonds is 2. The van der Waals surface area contributed by atoms with Crippen LogP contribution in [0.4, 0.5) is 0 Å². The van der Waals surface area contributed by atoms with E-state index in [1.165, 1.54) is 12.8 Å². The summed E-state index contributed by atoms with van der Waals surface area (Å²) in [4.78, 5) is 10.7. The molecule has 2 heteroatoms. The molecule has 0 saturated heterocycles. The average molecular weight is 154 g/mol. The maximum absolute atomic E-state index is 10.7. The van der Waals surface area contributed by atoms with Gasteiger partial charge in [0, 0.05) is 0 Å². The molecule has 0 aromatic heterocycles. The Bertz CT molecular complexity index is 188. The molecule has 0 spiro atoms. The smallest absolute Gasteiger partial charge is 0.306 e. The fourth-order valence-electron chi connectivity index (χ4n) is 2.55. The summed E-state index contributed by atoms with van der Waals surface area (Å²) in [6.07, 6.45) is 3.75. The highest BCUT2D eigenvalue weighted by Crippen LogP contribution is 2.57. The Balaban J connectivity index is 1.99. The van der Waals surface area contributed by atoms with Gasteiger partial charge < -0.3 is 5.11 Å². The van der Waals surface area contributed by atoms with Crippen molar-refractivity contribution in [2.45, 2.75) is 26.2 Å². The van der Waals surface area contributed by atoms with Crippen molar-refractivity contribution in [2.75, 3.05) is 0 Å². The molecule has 0 aromatic rings. The van der Waals surface area contributed by atoms with Crippen molar-refractivity contribution in [3.63, 3.8) is 0 Å². The SMILES string of the molecule is C[C@@H](C(=O)O)C1CCC2CC21. The number of hydrogen-bond acceptors (Lipinski definition) is 1. The van der Waals surface area contributed by atoms with Gasteiger partial charge in [-0.3, -0.25) is 4.79 Å². The monoisotopic (exact) mass is 154 g/mol. The minimum absolute atomic E-state index is 0.104. The van der Waals surface area contributed by atoms with E-state index in [9.17, 15) is 4.79 Å². The Morgan fingerprint density at radius 3 is 2.64 bits per heavy atom. The van der Waals surface area contributed by atoms with Crippen LogP contribution in [-0.2, 0) is 4.79 Å². The van der Waals surface area contributed by atoms with Crippen LogP contribution in [0.3, 0.4) is 0 Å². The number of carboxylic acids is 1. The molecule has 0 bridgehead atoms. The van der Waals surface area contributed by atoms with Crippen LogP contribution >= 0.6 is 0 Å². The first-order chi connectivity index (χ1) is 5.20. The minimum atomic E-state index is -0.609. The lowest BCUT2D eigenvalue weighted by molar-refractivity contribution is -0.143. The van der Waals surface area contributed by atoms with Gasteiger partial charge in [0.15, 0.2) is 0 Å². The first-order valence-electron chi connectivity index (χ1n) is 4.43. The predicted molar refractivity (Wildman–Crippen MR) is 41.1 cm³/mol. The average Bonchev–Trinajstić information content (AvgIpc) is 2.62. The van der Waals surface area contributed by atoms with E-state index in [0.29, 0.717) is 5.92 Å². The number of fused-ring (bicyclic) bond motifs is 1. The van der Waals surface area contributed by atoms with Crippen LogP contribution in [0.1, 0.15) is 26.2 Å². The van der Waals surface area contributed by atoms with Gasteiger partial charge in [-0.05, 0) is 37.0 Å². The predicted octanol–water partition coefficient (Wildman–Crippen LogP) is 1.75. The van der Waals surface area contributed by atoms with E-state index in [1.807, 2.05) is 6.92 Å². The van der Waals surface area contributed by atoms with Crippen LogP contribution in [0.2, 0.25) is 0 Å². The number of carbonyl (C=O) groups is 1. The Morgan fingerprint density at radius 2 is 2.27 bits per heavy atom. The van der Waals surface area contributed by atoms with Crippen molar-refractivity contribution in [2.24, 2.45) is 23.7 Å². The van der Waals surface area contributed by atoms with Crippen molar-refractivity contribution in [3.8, 4) is 0 Å². The molecule has 2 nitrogen and oxygen atoms in total. The number of aliphatic carboxylic acids is 1. The molecule has 2 aliphatic carbocycles. The third-order valence-electron chi connectivity index (χ3n) is 3.43. The lowest BCUT2D eigenvalue weighted by Crippen LogP contribution is -2.20. The molecular weight excluding hydrogens is 140 g/mol. The van der Waals surface area contributed by atoms with Crippen LogP contribution in [0, 0.1) is 23.7 Å². The van der Waals surface area contributed by atoms with Gasteiger partial charge in [0.2, 0.25) is 0 Å². The first-order valence-corrected chi connectivity index (χ1v) is 4.43. The summed E-state index contributed by atoms with van der Waals surface area (Å²) in [5.41, 5.74) is 0. The Kier molecular flexibility index (Phi) is 1.44. The fourth-order valence-corrected chi connectivity index (χ4v) is 2.55. The van der Waals surface area contributed by atoms with E-state index in [0.717, 1.165) is 18.3 Å². The molecule has 0 radical (unpaired) electrons. The summed E-state index contributed by atoms with van der Waals surface area (Å²) in [7, 11) is 0. The summed E-state index contributed by atoms with van der Waals surface area (Å²) >= 11 is 0. The van der Waals surface area contributed by atoms with Gasteiger partial charge >= 0.3 is 5.97 Å². The van der Waals surface area contributed by atoms with Crippen LogP contribution in [-0.4, -0.2) is 11.1 Å². The summed E-state index contributed by atoms with van der Waals surface area (Å²) in [6, 6.07) is 0. The molecule has 3 unspecified atom stereocenters. The topological polar surface area (TPSA) is 37.3 Å². The molecule has 1 N–H and O–H groups in total. The zero-order chi connectivity index (χ0) is 8.01. The lowest BCUT2D eigenvalue weighted by Gasteiger charge is -2.15. The maximum atomic E-state index is 10.7. The second-order valence-corrected chi connectivity index (χ2v) is 4.03. The van der Waals surface area contributed by atoms with Gasteiger partial charge in [-0.15, -0.1) is 0 Å². The van der Waals surface area contributed by atoms with Gasteiger partial charge in [-0.25, -0.2) is 0 Å². The fraction of sp³-hybridized carbons (Fsp3) is 0.889. The van der Waals surface area contributed by atoms with Crippen LogP contribution < -0.4 is 0 Å². The zero-order valence-corrected chi connectivity index (χ0v) is 6.79. The van der Waals surface area contributed by atoms with Gasteiger partial charge in [-0.2, -0.15) is 0 Å². The molecule has 2 rings (SSSR count). The van der Waals surface area contributed by atoms with Gasteiger partial charge in [0.25, 0.3) is 0 Å². The lowest BCUT2D eigenvalue weighted by atomic mass is 9.89. The van der Waals surface area contributed by atoms with Gasteiger partial charge in [0.1, 0.15) is 0 Å². The number of hydrogen-bond donors (Lipinski definition) is 1. The molecule has 62 valence electrons. The standard InChI is InChI=1S/C9H14O2/c1-5(9(10)11)7-3-2-6-4-8(6)7/h5-8H,2-4H2,1H3,(H,10,11)/t5-,6?,7?,8?/m1/s1. The molecular formula is C9H14O2. The van der Waals surface area contributed by atoms with Gasteiger partial charge in [0.05, 0.1) is 5.92 Å². The van der Waals surface area contributed by atoms with Crippen molar-refractivity contribution < 1.29 is 9.90 Å². The minimum Gasteiger partial charge on any atom is -0.481 e. The van der Waals surface area contributed by atoms with Crippen molar-refractivity contribution in [1.82, 2.24) is 0 Å². The molecule has 4 atom stereocenters. The van der Waals surface area contributed by atoms with E-state index in [1.54, 1.807) is 0 Å². The van der Waals surface area contributed by atoms with Gasteiger partial charge in [-0.1, -0.05) is 6.92 Å². The summed E-state index contributed by atoms with van der Waals surface area (Å²) in [5.74, 6) is 1.47. The van der Waals surface area contributed by atoms with E-state index in [4.69, 9.17) is 5.11 Å². The summed E-state index contributed by atoms with van der Waals surface area (Å²) in [5, 5.41) is 8.78. The Hall–Kier alpha value is -0.530. The zero-order valence-electron chi connectivity index (χ0n) is 6.79. The van der Waals surface area contributed by atoms with E-state index in [-0.39, 0.29) is 5.92 Å². The first kappa shape index (κ1) is 7.14. The molecule has 0 amide bonds. The second-order valence-electron chi connectivity index (χ2n) is 4.03. The normalized spacial score (nSPS) is 43.2. The third kappa shape index (κ3) is 1.05. The summed E-state index contributed by atoms with van der Waals surface area (Å²) < 4.78 is 0. The molecule has 0 aromatic carbocycles. The highest BCUT2D eigenvalue weighted by Gasteiger charge is 2.50. The highest BCUT2D eigenvalue weighted by molar-refractivity contribution is 5.70. The number of carboxylic acid groups (broad SMARTS) is 1. The molecule has 2 aliphatic rings. The van der Waals surface area contributed by atoms with Crippen molar-refractivity contribution >= 4 is 5.97 Å². The summed E-state index contributed by atoms with van der Waals surface area (Å²) in [6.45, 7) is 1.85. The molecule has 2 fully saturated rings. The largest absolute Gasteiger partial charge is 0.481 e. The van der Waals surface area contributed by atoms with E-state index >= 15 is 0 Å². The van der Waals surface area contributed by atoms with E-state index < -0.39 is 5.97 Å². The molecule has 0 heterocycles. The quantitative estimate of drug-likeness (QED) is 0.658. The Labute approximate surface area is 66.6 Å². The third-order valence-corrected chi connectivity index (χ3v) is 3.43. The van der Waals surface area contributed by atoms with Crippen molar-refractivity contribution in [1.29, 1.82) is 0 Å². The van der Waals surface area contributed by atoms with Crippen LogP contribution in [0.15, 0.2) is 0 Å². The molecule has 0 aliphatic heterocycles.